The molecular formula is C15H22N6O. The van der Waals surface area contributed by atoms with Crippen LogP contribution >= 0.6 is 0 Å². The van der Waals surface area contributed by atoms with Gasteiger partial charge in [0.1, 0.15) is 5.82 Å². The van der Waals surface area contributed by atoms with Gasteiger partial charge in [-0.15, -0.1) is 0 Å². The van der Waals surface area contributed by atoms with E-state index in [-0.39, 0.29) is 11.9 Å². The summed E-state index contributed by atoms with van der Waals surface area (Å²) in [5, 5.41) is 6.00. The van der Waals surface area contributed by atoms with E-state index in [0.717, 1.165) is 25.2 Å². The zero-order valence-electron chi connectivity index (χ0n) is 13.2. The summed E-state index contributed by atoms with van der Waals surface area (Å²) in [6.45, 7) is 4.78. The highest BCUT2D eigenvalue weighted by molar-refractivity contribution is 5.93. The van der Waals surface area contributed by atoms with Crippen LogP contribution in [0.5, 0.6) is 0 Å². The van der Waals surface area contributed by atoms with Gasteiger partial charge in [0.05, 0.1) is 11.6 Å². The maximum Gasteiger partial charge on any atom is 0.255 e. The van der Waals surface area contributed by atoms with Gasteiger partial charge in [-0.25, -0.2) is 15.0 Å². The summed E-state index contributed by atoms with van der Waals surface area (Å²) in [7, 11) is 1.92. The molecule has 0 radical (unpaired) electrons. The fourth-order valence-corrected chi connectivity index (χ4v) is 2.20. The van der Waals surface area contributed by atoms with E-state index in [1.54, 1.807) is 6.20 Å². The van der Waals surface area contributed by atoms with Crippen molar-refractivity contribution in [3.63, 3.8) is 0 Å². The van der Waals surface area contributed by atoms with Crippen LogP contribution in [0, 0.1) is 0 Å². The summed E-state index contributed by atoms with van der Waals surface area (Å²) in [5.74, 6) is 1.18. The van der Waals surface area contributed by atoms with Gasteiger partial charge in [0.15, 0.2) is 0 Å². The molecule has 0 aliphatic heterocycles. The Morgan fingerprint density at radius 1 is 1.27 bits per heavy atom. The number of aromatic nitrogens is 4. The van der Waals surface area contributed by atoms with Gasteiger partial charge < -0.3 is 15.2 Å². The Kier molecular flexibility index (Phi) is 5.46. The topological polar surface area (TPSA) is 84.7 Å². The lowest BCUT2D eigenvalue weighted by atomic mass is 10.1. The highest BCUT2D eigenvalue weighted by Gasteiger charge is 2.19. The molecule has 7 nitrogen and oxygen atoms in total. The van der Waals surface area contributed by atoms with E-state index in [1.165, 1.54) is 12.4 Å². The van der Waals surface area contributed by atoms with Gasteiger partial charge in [-0.2, -0.15) is 0 Å². The van der Waals surface area contributed by atoms with Crippen molar-refractivity contribution in [2.75, 3.05) is 11.9 Å². The van der Waals surface area contributed by atoms with Crippen LogP contribution in [-0.2, 0) is 7.05 Å². The number of hydrogen-bond acceptors (Lipinski definition) is 5. The number of nitrogens with zero attached hydrogens (tertiary/aromatic N) is 4. The first-order chi connectivity index (χ1) is 10.7. The van der Waals surface area contributed by atoms with E-state index in [2.05, 4.69) is 32.5 Å². The van der Waals surface area contributed by atoms with Crippen LogP contribution < -0.4 is 10.6 Å². The fraction of sp³-hybridized carbons (Fsp3) is 0.467. The number of rotatable bonds is 7. The monoisotopic (exact) mass is 302 g/mol. The van der Waals surface area contributed by atoms with Crippen molar-refractivity contribution in [2.24, 2.45) is 7.05 Å². The molecule has 2 N–H and O–H groups in total. The predicted molar refractivity (Wildman–Crippen MR) is 84.5 cm³/mol. The number of imidazole rings is 1. The Morgan fingerprint density at radius 3 is 2.55 bits per heavy atom. The minimum atomic E-state index is -0.190. The van der Waals surface area contributed by atoms with Gasteiger partial charge in [0.25, 0.3) is 5.91 Å². The molecule has 0 bridgehead atoms. The van der Waals surface area contributed by atoms with Gasteiger partial charge in [-0.05, 0) is 13.3 Å². The van der Waals surface area contributed by atoms with E-state index in [1.807, 2.05) is 24.7 Å². The SMILES string of the molecule is CCCC(NC(=O)c1cnc(NCC)nc1)c1nccn1C. The van der Waals surface area contributed by atoms with Crippen molar-refractivity contribution in [1.29, 1.82) is 0 Å². The summed E-state index contributed by atoms with van der Waals surface area (Å²) in [5.41, 5.74) is 0.442. The average Bonchev–Trinajstić information content (AvgIpc) is 2.94. The van der Waals surface area contributed by atoms with Crippen molar-refractivity contribution < 1.29 is 4.79 Å². The molecule has 22 heavy (non-hydrogen) atoms. The molecule has 7 heteroatoms. The maximum absolute atomic E-state index is 12.4. The molecule has 0 saturated carbocycles. The lowest BCUT2D eigenvalue weighted by Gasteiger charge is -2.17. The smallest absolute Gasteiger partial charge is 0.255 e. The summed E-state index contributed by atoms with van der Waals surface area (Å²) in [4.78, 5) is 24.9. The molecule has 2 aromatic rings. The third-order valence-electron chi connectivity index (χ3n) is 3.30. The molecule has 1 unspecified atom stereocenters. The zero-order chi connectivity index (χ0) is 15.9. The van der Waals surface area contributed by atoms with Crippen molar-refractivity contribution in [2.45, 2.75) is 32.7 Å². The average molecular weight is 302 g/mol. The summed E-state index contributed by atoms with van der Waals surface area (Å²) in [6.07, 6.45) is 8.45. The van der Waals surface area contributed by atoms with Crippen molar-refractivity contribution >= 4 is 11.9 Å². The van der Waals surface area contributed by atoms with Crippen molar-refractivity contribution in [3.8, 4) is 0 Å². The van der Waals surface area contributed by atoms with Crippen LogP contribution in [0.15, 0.2) is 24.8 Å². The van der Waals surface area contributed by atoms with Crippen LogP contribution in [0.1, 0.15) is 48.9 Å². The third kappa shape index (κ3) is 3.81. The number of aryl methyl sites for hydroxylation is 1. The van der Waals surface area contributed by atoms with E-state index in [4.69, 9.17) is 0 Å². The lowest BCUT2D eigenvalue weighted by molar-refractivity contribution is 0.0931. The molecule has 0 saturated heterocycles. The number of hydrogen-bond donors (Lipinski definition) is 2. The Labute approximate surface area is 130 Å². The second kappa shape index (κ2) is 7.53. The molecule has 0 fully saturated rings. The Bertz CT molecular complexity index is 607. The molecular weight excluding hydrogens is 280 g/mol. The molecule has 0 aliphatic rings. The number of amides is 1. The van der Waals surface area contributed by atoms with Crippen molar-refractivity contribution in [1.82, 2.24) is 24.8 Å². The molecule has 2 rings (SSSR count). The first-order valence-corrected chi connectivity index (χ1v) is 7.49. The minimum absolute atomic E-state index is 0.119. The summed E-state index contributed by atoms with van der Waals surface area (Å²) < 4.78 is 1.92. The molecule has 0 aliphatic carbocycles. The Morgan fingerprint density at radius 2 is 2.00 bits per heavy atom. The lowest BCUT2D eigenvalue weighted by Crippen LogP contribution is -2.30. The van der Waals surface area contributed by atoms with Gasteiger partial charge >= 0.3 is 0 Å². The predicted octanol–water partition coefficient (Wildman–Crippen LogP) is 1.91. The zero-order valence-corrected chi connectivity index (χ0v) is 13.2. The molecule has 0 aromatic carbocycles. The third-order valence-corrected chi connectivity index (χ3v) is 3.30. The molecule has 2 heterocycles. The van der Waals surface area contributed by atoms with Gasteiger partial charge in [0.2, 0.25) is 5.95 Å². The fourth-order valence-electron chi connectivity index (χ4n) is 2.20. The summed E-state index contributed by atoms with van der Waals surface area (Å²) in [6, 6.07) is -0.119. The Balaban J connectivity index is 2.09. The van der Waals surface area contributed by atoms with E-state index >= 15 is 0 Å². The van der Waals surface area contributed by atoms with E-state index < -0.39 is 0 Å². The first-order valence-electron chi connectivity index (χ1n) is 7.49. The van der Waals surface area contributed by atoms with Crippen LogP contribution in [0.4, 0.5) is 5.95 Å². The highest BCUT2D eigenvalue weighted by Crippen LogP contribution is 2.16. The number of carbonyl (C=O) groups excluding carboxylic acids is 1. The van der Waals surface area contributed by atoms with Crippen LogP contribution in [0.3, 0.4) is 0 Å². The van der Waals surface area contributed by atoms with E-state index in [0.29, 0.717) is 11.5 Å². The maximum atomic E-state index is 12.4. The molecule has 1 atom stereocenters. The van der Waals surface area contributed by atoms with E-state index in [9.17, 15) is 4.79 Å². The van der Waals surface area contributed by atoms with Crippen molar-refractivity contribution in [3.05, 3.63) is 36.2 Å². The first kappa shape index (κ1) is 15.9. The van der Waals surface area contributed by atoms with Gasteiger partial charge in [-0.3, -0.25) is 4.79 Å². The molecule has 118 valence electrons. The summed E-state index contributed by atoms with van der Waals surface area (Å²) >= 11 is 0. The normalized spacial score (nSPS) is 12.0. The van der Waals surface area contributed by atoms with Crippen LogP contribution in [0.2, 0.25) is 0 Å². The number of carbonyl (C=O) groups is 1. The molecule has 1 amide bonds. The number of anilines is 1. The number of nitrogens with one attached hydrogen (secondary N) is 2. The van der Waals surface area contributed by atoms with Crippen LogP contribution in [0.25, 0.3) is 0 Å². The highest BCUT2D eigenvalue weighted by atomic mass is 16.1. The van der Waals surface area contributed by atoms with Gasteiger partial charge in [0, 0.05) is 38.4 Å². The second-order valence-electron chi connectivity index (χ2n) is 5.04. The molecule has 0 spiro atoms. The second-order valence-corrected chi connectivity index (χ2v) is 5.04. The Hall–Kier alpha value is -2.44. The standard InChI is InChI=1S/C15H22N6O/c1-4-6-12(13-17-7-8-21(13)3)20-14(22)11-9-18-15(16-5-2)19-10-11/h7-10,12H,4-6H2,1-3H3,(H,20,22)(H,16,18,19). The minimum Gasteiger partial charge on any atom is -0.355 e. The quantitative estimate of drug-likeness (QED) is 0.816. The van der Waals surface area contributed by atoms with Crippen LogP contribution in [-0.4, -0.2) is 32.0 Å². The largest absolute Gasteiger partial charge is 0.355 e. The van der Waals surface area contributed by atoms with Gasteiger partial charge in [-0.1, -0.05) is 13.3 Å². The molecule has 2 aromatic heterocycles.